The number of rotatable bonds is 15. The molecule has 1 unspecified atom stereocenters. The Morgan fingerprint density at radius 3 is 1.87 bits per heavy atom. The maximum Gasteiger partial charge on any atom is 0.326 e. The SMILES string of the molecule is CC(C)C[C@H](NC(=O)[C@H](Cc1ccccc1)NP(=O)(CCc1ccccc1)OCc1ccccc1)C(=O)O. The standard InChI is InChI=1S/C30H37N2O5P/c1-23(2)20-28(30(34)35)31-29(33)27(21-25-14-8-4-9-15-25)32-38(36,19-18-24-12-6-3-7-13-24)37-22-26-16-10-5-11-17-26/h3-17,23,27-28H,18-22H2,1-2H3,(H,31,33)(H,32,36)(H,34,35)/t27-,28-,38?/m0/s1. The lowest BCUT2D eigenvalue weighted by molar-refractivity contribution is -0.142. The minimum atomic E-state index is -3.55. The molecule has 0 aliphatic heterocycles. The van der Waals surface area contributed by atoms with Crippen molar-refractivity contribution in [2.24, 2.45) is 5.92 Å². The van der Waals surface area contributed by atoms with Gasteiger partial charge >= 0.3 is 5.97 Å². The van der Waals surface area contributed by atoms with E-state index in [0.717, 1.165) is 16.7 Å². The molecule has 3 aromatic rings. The molecule has 0 saturated carbocycles. The number of carbonyl (C=O) groups excluding carboxylic acids is 1. The average molecular weight is 537 g/mol. The first-order chi connectivity index (χ1) is 18.2. The molecule has 0 spiro atoms. The molecule has 1 amide bonds. The van der Waals surface area contributed by atoms with Gasteiger partial charge in [-0.2, -0.15) is 0 Å². The van der Waals surface area contributed by atoms with E-state index >= 15 is 0 Å². The largest absolute Gasteiger partial charge is 0.480 e. The maximum absolute atomic E-state index is 14.2. The molecule has 0 fully saturated rings. The molecule has 3 N–H and O–H groups in total. The van der Waals surface area contributed by atoms with Crippen molar-refractivity contribution in [3.05, 3.63) is 108 Å². The zero-order chi connectivity index (χ0) is 27.4. The van der Waals surface area contributed by atoms with Gasteiger partial charge in [0, 0.05) is 6.16 Å². The molecule has 0 aliphatic carbocycles. The minimum Gasteiger partial charge on any atom is -0.480 e. The van der Waals surface area contributed by atoms with E-state index in [1.807, 2.05) is 105 Å². The number of hydrogen-bond acceptors (Lipinski definition) is 4. The van der Waals surface area contributed by atoms with Crippen LogP contribution in [0.25, 0.3) is 0 Å². The van der Waals surface area contributed by atoms with E-state index < -0.39 is 31.5 Å². The summed E-state index contributed by atoms with van der Waals surface area (Å²) in [6, 6.07) is 26.5. The lowest BCUT2D eigenvalue weighted by Gasteiger charge is -2.27. The van der Waals surface area contributed by atoms with Gasteiger partial charge in [-0.1, -0.05) is 105 Å². The van der Waals surface area contributed by atoms with E-state index in [9.17, 15) is 19.3 Å². The van der Waals surface area contributed by atoms with E-state index in [0.29, 0.717) is 6.42 Å². The van der Waals surface area contributed by atoms with Gasteiger partial charge in [0.25, 0.3) is 7.52 Å². The second-order valence-electron chi connectivity index (χ2n) is 9.79. The second-order valence-corrected chi connectivity index (χ2v) is 12.1. The van der Waals surface area contributed by atoms with Crippen molar-refractivity contribution in [3.8, 4) is 0 Å². The predicted molar refractivity (Wildman–Crippen MR) is 150 cm³/mol. The van der Waals surface area contributed by atoms with Gasteiger partial charge in [0.05, 0.1) is 12.6 Å². The first-order valence-electron chi connectivity index (χ1n) is 12.9. The van der Waals surface area contributed by atoms with Gasteiger partial charge in [-0.3, -0.25) is 9.36 Å². The molecular weight excluding hydrogens is 499 g/mol. The number of hydrogen-bond donors (Lipinski definition) is 3. The van der Waals surface area contributed by atoms with Gasteiger partial charge in [0.15, 0.2) is 0 Å². The molecule has 3 rings (SSSR count). The first-order valence-corrected chi connectivity index (χ1v) is 14.7. The van der Waals surface area contributed by atoms with E-state index in [1.54, 1.807) is 0 Å². The number of carboxylic acids is 1. The zero-order valence-electron chi connectivity index (χ0n) is 22.0. The monoisotopic (exact) mass is 536 g/mol. The Balaban J connectivity index is 1.85. The van der Waals surface area contributed by atoms with Crippen molar-refractivity contribution >= 4 is 19.4 Å². The number of aryl methyl sites for hydroxylation is 1. The van der Waals surface area contributed by atoms with Gasteiger partial charge < -0.3 is 14.9 Å². The molecule has 0 aliphatic rings. The highest BCUT2D eigenvalue weighted by molar-refractivity contribution is 7.56. The van der Waals surface area contributed by atoms with E-state index in [4.69, 9.17) is 4.52 Å². The summed E-state index contributed by atoms with van der Waals surface area (Å²) in [6.45, 7) is 3.92. The van der Waals surface area contributed by atoms with Crippen LogP contribution in [-0.4, -0.2) is 35.2 Å². The highest BCUT2D eigenvalue weighted by Crippen LogP contribution is 2.44. The third-order valence-corrected chi connectivity index (χ3v) is 8.16. The van der Waals surface area contributed by atoms with Crippen LogP contribution in [0, 0.1) is 5.92 Å². The summed E-state index contributed by atoms with van der Waals surface area (Å²) >= 11 is 0. The summed E-state index contributed by atoms with van der Waals surface area (Å²) in [4.78, 5) is 25.3. The number of nitrogens with one attached hydrogen (secondary N) is 2. The van der Waals surface area contributed by atoms with Crippen LogP contribution in [0.1, 0.15) is 37.0 Å². The van der Waals surface area contributed by atoms with Crippen LogP contribution in [0.2, 0.25) is 0 Å². The molecule has 0 heterocycles. The highest BCUT2D eigenvalue weighted by Gasteiger charge is 2.33. The van der Waals surface area contributed by atoms with Gasteiger partial charge in [-0.25, -0.2) is 9.88 Å². The molecule has 3 atom stereocenters. The molecule has 3 aromatic carbocycles. The highest BCUT2D eigenvalue weighted by atomic mass is 31.2. The summed E-state index contributed by atoms with van der Waals surface area (Å²) in [6.07, 6.45) is 1.18. The van der Waals surface area contributed by atoms with Gasteiger partial charge in [0.1, 0.15) is 6.04 Å². The third-order valence-electron chi connectivity index (χ3n) is 6.09. The Bertz CT molecular complexity index is 1140. The lowest BCUT2D eigenvalue weighted by atomic mass is 10.0. The molecular formula is C30H37N2O5P. The van der Waals surface area contributed by atoms with Crippen LogP contribution in [-0.2, 0) is 38.1 Å². The first kappa shape index (κ1) is 29.3. The van der Waals surface area contributed by atoms with Crippen LogP contribution in [0.5, 0.6) is 0 Å². The van der Waals surface area contributed by atoms with Gasteiger partial charge in [-0.15, -0.1) is 0 Å². The predicted octanol–water partition coefficient (Wildman–Crippen LogP) is 5.46. The zero-order valence-corrected chi connectivity index (χ0v) is 22.8. The third kappa shape index (κ3) is 9.90. The summed E-state index contributed by atoms with van der Waals surface area (Å²) in [5.74, 6) is -1.55. The fourth-order valence-corrected chi connectivity index (χ4v) is 6.02. The summed E-state index contributed by atoms with van der Waals surface area (Å²) in [5, 5.41) is 15.4. The van der Waals surface area contributed by atoms with Crippen LogP contribution in [0.4, 0.5) is 0 Å². The molecule has 0 bridgehead atoms. The summed E-state index contributed by atoms with van der Waals surface area (Å²) in [5.41, 5.74) is 2.72. The van der Waals surface area contributed by atoms with Crippen molar-refractivity contribution in [2.45, 2.75) is 51.8 Å². The number of carboxylic acid groups (broad SMARTS) is 1. The Kier molecular flexibility index (Phi) is 11.3. The van der Waals surface area contributed by atoms with Crippen LogP contribution in [0.15, 0.2) is 91.0 Å². The minimum absolute atomic E-state index is 0.0723. The second kappa shape index (κ2) is 14.6. The van der Waals surface area contributed by atoms with E-state index in [2.05, 4.69) is 10.4 Å². The molecule has 202 valence electrons. The lowest BCUT2D eigenvalue weighted by Crippen LogP contribution is -2.51. The molecule has 38 heavy (non-hydrogen) atoms. The average Bonchev–Trinajstić information content (AvgIpc) is 2.91. The number of aliphatic carboxylic acids is 1. The Morgan fingerprint density at radius 1 is 0.816 bits per heavy atom. The van der Waals surface area contributed by atoms with Crippen molar-refractivity contribution < 1.29 is 23.8 Å². The number of carbonyl (C=O) groups is 2. The molecule has 7 nitrogen and oxygen atoms in total. The fraction of sp³-hybridized carbons (Fsp3) is 0.333. The van der Waals surface area contributed by atoms with Crippen LogP contribution < -0.4 is 10.4 Å². The fourth-order valence-electron chi connectivity index (χ4n) is 4.09. The number of amides is 1. The van der Waals surface area contributed by atoms with Gasteiger partial charge in [-0.05, 0) is 41.9 Å². The van der Waals surface area contributed by atoms with Crippen LogP contribution >= 0.6 is 7.52 Å². The maximum atomic E-state index is 14.2. The Morgan fingerprint density at radius 2 is 1.34 bits per heavy atom. The number of benzene rings is 3. The normalized spacial score (nSPS) is 14.4. The van der Waals surface area contributed by atoms with Crippen molar-refractivity contribution in [3.63, 3.8) is 0 Å². The van der Waals surface area contributed by atoms with Crippen molar-refractivity contribution in [1.29, 1.82) is 0 Å². The van der Waals surface area contributed by atoms with E-state index in [-0.39, 0.29) is 31.5 Å². The Labute approximate surface area is 225 Å². The molecule has 0 saturated heterocycles. The Hall–Kier alpha value is -3.25. The van der Waals surface area contributed by atoms with Gasteiger partial charge in [0.2, 0.25) is 5.91 Å². The summed E-state index contributed by atoms with van der Waals surface area (Å²) < 4.78 is 20.3. The van der Waals surface area contributed by atoms with Crippen molar-refractivity contribution in [2.75, 3.05) is 6.16 Å². The van der Waals surface area contributed by atoms with Crippen LogP contribution in [0.3, 0.4) is 0 Å². The quantitative estimate of drug-likeness (QED) is 0.223. The van der Waals surface area contributed by atoms with Crippen molar-refractivity contribution in [1.82, 2.24) is 10.4 Å². The topological polar surface area (TPSA) is 105 Å². The summed E-state index contributed by atoms with van der Waals surface area (Å²) in [7, 11) is -3.55. The van der Waals surface area contributed by atoms with E-state index in [1.165, 1.54) is 0 Å². The molecule has 0 radical (unpaired) electrons. The molecule has 0 aromatic heterocycles. The molecule has 8 heteroatoms. The smallest absolute Gasteiger partial charge is 0.326 e.